The van der Waals surface area contributed by atoms with Crippen LogP contribution in [0.15, 0.2) is 30.5 Å². The number of aryl methyl sites for hydroxylation is 1. The SMILES string of the molecule is CC(=O)CCn1ccc2cc(C#N)ccc21. The topological polar surface area (TPSA) is 45.8 Å². The first-order valence-corrected chi connectivity index (χ1v) is 5.19. The molecule has 0 aliphatic carbocycles. The summed E-state index contributed by atoms with van der Waals surface area (Å²) in [5.41, 5.74) is 1.73. The van der Waals surface area contributed by atoms with Crippen LogP contribution in [-0.2, 0) is 11.3 Å². The van der Waals surface area contributed by atoms with Crippen molar-refractivity contribution in [1.82, 2.24) is 4.57 Å². The van der Waals surface area contributed by atoms with Gasteiger partial charge in [-0.05, 0) is 31.2 Å². The Kier molecular flexibility index (Phi) is 2.74. The van der Waals surface area contributed by atoms with E-state index in [0.29, 0.717) is 18.5 Å². The zero-order valence-corrected chi connectivity index (χ0v) is 9.10. The molecule has 3 nitrogen and oxygen atoms in total. The van der Waals surface area contributed by atoms with Crippen molar-refractivity contribution in [3.05, 3.63) is 36.0 Å². The molecule has 1 heterocycles. The highest BCUT2D eigenvalue weighted by Gasteiger charge is 2.02. The van der Waals surface area contributed by atoms with E-state index in [-0.39, 0.29) is 5.78 Å². The lowest BCUT2D eigenvalue weighted by atomic mass is 10.2. The van der Waals surface area contributed by atoms with Crippen LogP contribution < -0.4 is 0 Å². The molecule has 1 aromatic carbocycles. The van der Waals surface area contributed by atoms with E-state index in [1.165, 1.54) is 0 Å². The Bertz CT molecular complexity index is 575. The highest BCUT2D eigenvalue weighted by molar-refractivity contribution is 5.82. The summed E-state index contributed by atoms with van der Waals surface area (Å²) in [6.07, 6.45) is 2.50. The van der Waals surface area contributed by atoms with Crippen molar-refractivity contribution in [3.8, 4) is 6.07 Å². The minimum atomic E-state index is 0.190. The second kappa shape index (κ2) is 4.19. The maximum absolute atomic E-state index is 10.9. The number of benzene rings is 1. The average Bonchev–Trinajstić information content (AvgIpc) is 2.68. The van der Waals surface area contributed by atoms with E-state index in [1.807, 2.05) is 29.0 Å². The summed E-state index contributed by atoms with van der Waals surface area (Å²) in [5, 5.41) is 9.82. The van der Waals surface area contributed by atoms with Crippen molar-refractivity contribution >= 4 is 16.7 Å². The van der Waals surface area contributed by atoms with Crippen molar-refractivity contribution in [2.24, 2.45) is 0 Å². The van der Waals surface area contributed by atoms with Crippen LogP contribution in [0, 0.1) is 11.3 Å². The van der Waals surface area contributed by atoms with Crippen LogP contribution in [-0.4, -0.2) is 10.4 Å². The number of carbonyl (C=O) groups is 1. The summed E-state index contributed by atoms with van der Waals surface area (Å²) in [6.45, 7) is 2.30. The third-order valence-electron chi connectivity index (χ3n) is 2.60. The fraction of sp³-hybridized carbons (Fsp3) is 0.231. The number of rotatable bonds is 3. The van der Waals surface area contributed by atoms with Crippen molar-refractivity contribution in [2.75, 3.05) is 0 Å². The Morgan fingerprint density at radius 1 is 1.44 bits per heavy atom. The fourth-order valence-corrected chi connectivity index (χ4v) is 1.74. The molecule has 2 rings (SSSR count). The Balaban J connectivity index is 2.35. The van der Waals surface area contributed by atoms with Gasteiger partial charge in [0.25, 0.3) is 0 Å². The molecule has 0 N–H and O–H groups in total. The van der Waals surface area contributed by atoms with Gasteiger partial charge in [0.15, 0.2) is 0 Å². The average molecular weight is 212 g/mol. The van der Waals surface area contributed by atoms with Crippen LogP contribution in [0.4, 0.5) is 0 Å². The number of aromatic nitrogens is 1. The molecule has 80 valence electrons. The van der Waals surface area contributed by atoms with E-state index in [1.54, 1.807) is 13.0 Å². The van der Waals surface area contributed by atoms with Crippen molar-refractivity contribution in [3.63, 3.8) is 0 Å². The highest BCUT2D eigenvalue weighted by Crippen LogP contribution is 2.17. The first-order chi connectivity index (χ1) is 7.70. The number of fused-ring (bicyclic) bond motifs is 1. The number of nitriles is 1. The molecule has 0 amide bonds. The maximum Gasteiger partial charge on any atom is 0.131 e. The molecule has 2 aromatic rings. The zero-order chi connectivity index (χ0) is 11.5. The molecule has 1 aromatic heterocycles. The summed E-state index contributed by atoms with van der Waals surface area (Å²) < 4.78 is 2.04. The standard InChI is InChI=1S/C13H12N2O/c1-10(16)4-6-15-7-5-12-8-11(9-14)2-3-13(12)15/h2-3,5,7-8H,4,6H2,1H3. The number of hydrogen-bond donors (Lipinski definition) is 0. The van der Waals surface area contributed by atoms with Gasteiger partial charge in [0, 0.05) is 30.1 Å². The summed E-state index contributed by atoms with van der Waals surface area (Å²) in [4.78, 5) is 10.9. The van der Waals surface area contributed by atoms with Gasteiger partial charge in [-0.2, -0.15) is 5.26 Å². The molecule has 3 heteroatoms. The monoisotopic (exact) mass is 212 g/mol. The number of hydrogen-bond acceptors (Lipinski definition) is 2. The van der Waals surface area contributed by atoms with Gasteiger partial charge in [-0.1, -0.05) is 0 Å². The van der Waals surface area contributed by atoms with Gasteiger partial charge in [0.1, 0.15) is 5.78 Å². The van der Waals surface area contributed by atoms with E-state index >= 15 is 0 Å². The molecule has 0 atom stereocenters. The van der Waals surface area contributed by atoms with Gasteiger partial charge in [-0.3, -0.25) is 4.79 Å². The highest BCUT2D eigenvalue weighted by atomic mass is 16.1. The number of ketones is 1. The van der Waals surface area contributed by atoms with Gasteiger partial charge < -0.3 is 4.57 Å². The third kappa shape index (κ3) is 1.96. The quantitative estimate of drug-likeness (QED) is 0.784. The van der Waals surface area contributed by atoms with Gasteiger partial charge in [-0.15, -0.1) is 0 Å². The molecule has 0 spiro atoms. The van der Waals surface area contributed by atoms with E-state index in [2.05, 4.69) is 6.07 Å². The van der Waals surface area contributed by atoms with Crippen LogP contribution in [0.5, 0.6) is 0 Å². The molecule has 0 saturated heterocycles. The zero-order valence-electron chi connectivity index (χ0n) is 9.10. The van der Waals surface area contributed by atoms with Crippen LogP contribution >= 0.6 is 0 Å². The molecule has 16 heavy (non-hydrogen) atoms. The molecule has 0 saturated carbocycles. The van der Waals surface area contributed by atoms with Crippen LogP contribution in [0.2, 0.25) is 0 Å². The molecule has 0 radical (unpaired) electrons. The molecular formula is C13H12N2O. The Labute approximate surface area is 93.9 Å². The minimum Gasteiger partial charge on any atom is -0.347 e. The Morgan fingerprint density at radius 2 is 2.25 bits per heavy atom. The third-order valence-corrected chi connectivity index (χ3v) is 2.60. The van der Waals surface area contributed by atoms with E-state index in [4.69, 9.17) is 5.26 Å². The number of Topliss-reactive ketones (excluding diaryl/α,β-unsaturated/α-hetero) is 1. The number of nitrogens with zero attached hydrogens (tertiary/aromatic N) is 2. The summed E-state index contributed by atoms with van der Waals surface area (Å²) in [5.74, 6) is 0.190. The molecule has 0 fully saturated rings. The molecule has 0 aliphatic heterocycles. The van der Waals surface area contributed by atoms with Crippen molar-refractivity contribution in [1.29, 1.82) is 5.26 Å². The smallest absolute Gasteiger partial charge is 0.131 e. The predicted octanol–water partition coefficient (Wildman–Crippen LogP) is 2.49. The van der Waals surface area contributed by atoms with Crippen LogP contribution in [0.25, 0.3) is 10.9 Å². The molecular weight excluding hydrogens is 200 g/mol. The van der Waals surface area contributed by atoms with Crippen molar-refractivity contribution < 1.29 is 4.79 Å². The number of carbonyl (C=O) groups excluding carboxylic acids is 1. The largest absolute Gasteiger partial charge is 0.347 e. The van der Waals surface area contributed by atoms with Crippen molar-refractivity contribution in [2.45, 2.75) is 19.9 Å². The predicted molar refractivity (Wildman–Crippen MR) is 62.0 cm³/mol. The molecule has 0 bridgehead atoms. The van der Waals surface area contributed by atoms with Crippen LogP contribution in [0.1, 0.15) is 18.9 Å². The van der Waals surface area contributed by atoms with Gasteiger partial charge in [0.2, 0.25) is 0 Å². The summed E-state index contributed by atoms with van der Waals surface area (Å²) >= 11 is 0. The lowest BCUT2D eigenvalue weighted by Crippen LogP contribution is -2.00. The fourth-order valence-electron chi connectivity index (χ4n) is 1.74. The first-order valence-electron chi connectivity index (χ1n) is 5.19. The van der Waals surface area contributed by atoms with Gasteiger partial charge >= 0.3 is 0 Å². The second-order valence-electron chi connectivity index (χ2n) is 3.85. The van der Waals surface area contributed by atoms with E-state index in [9.17, 15) is 4.79 Å². The lowest BCUT2D eigenvalue weighted by Gasteiger charge is -2.03. The maximum atomic E-state index is 10.9. The molecule has 0 aliphatic rings. The lowest BCUT2D eigenvalue weighted by molar-refractivity contribution is -0.117. The first kappa shape index (κ1) is 10.4. The van der Waals surface area contributed by atoms with Gasteiger partial charge in [0.05, 0.1) is 11.6 Å². The summed E-state index contributed by atoms with van der Waals surface area (Å²) in [6, 6.07) is 9.67. The molecule has 0 unspecified atom stereocenters. The van der Waals surface area contributed by atoms with E-state index < -0.39 is 0 Å². The van der Waals surface area contributed by atoms with E-state index in [0.717, 1.165) is 10.9 Å². The van der Waals surface area contributed by atoms with Gasteiger partial charge in [-0.25, -0.2) is 0 Å². The second-order valence-corrected chi connectivity index (χ2v) is 3.85. The minimum absolute atomic E-state index is 0.190. The normalized spacial score (nSPS) is 10.2. The Hall–Kier alpha value is -2.08. The Morgan fingerprint density at radius 3 is 2.94 bits per heavy atom. The van der Waals surface area contributed by atoms with Crippen LogP contribution in [0.3, 0.4) is 0 Å². The summed E-state index contributed by atoms with van der Waals surface area (Å²) in [7, 11) is 0.